The van der Waals surface area contributed by atoms with E-state index in [0.717, 1.165) is 51.4 Å². The standard InChI is InChI=1S/C17H26O3/c1-2-3-4-5-6-7-8-9-10-11-12-13-14-15-16(18)17(19)20/h16,18H,2-4,9-15H2,1H3,(H,19,20). The molecule has 1 atom stereocenters. The number of carbonyl (C=O) groups is 1. The number of rotatable bonds is 10. The largest absolute Gasteiger partial charge is 0.479 e. The van der Waals surface area contributed by atoms with E-state index in [0.29, 0.717) is 6.42 Å². The Morgan fingerprint density at radius 2 is 1.50 bits per heavy atom. The van der Waals surface area contributed by atoms with Gasteiger partial charge < -0.3 is 10.2 Å². The van der Waals surface area contributed by atoms with Crippen molar-refractivity contribution in [1.29, 1.82) is 0 Å². The molecular formula is C17H26O3. The minimum Gasteiger partial charge on any atom is -0.479 e. The summed E-state index contributed by atoms with van der Waals surface area (Å²) in [5.74, 6) is 10.7. The third kappa shape index (κ3) is 13.0. The summed E-state index contributed by atoms with van der Waals surface area (Å²) in [6.45, 7) is 2.15. The molecule has 20 heavy (non-hydrogen) atoms. The van der Waals surface area contributed by atoms with Crippen molar-refractivity contribution < 1.29 is 15.0 Å². The third-order valence-electron chi connectivity index (χ3n) is 2.96. The Morgan fingerprint density at radius 3 is 2.10 bits per heavy atom. The van der Waals surface area contributed by atoms with Crippen LogP contribution in [-0.4, -0.2) is 22.3 Å². The van der Waals surface area contributed by atoms with Gasteiger partial charge in [-0.15, -0.1) is 0 Å². The van der Waals surface area contributed by atoms with E-state index in [4.69, 9.17) is 10.2 Å². The minimum absolute atomic E-state index is 0.350. The lowest BCUT2D eigenvalue weighted by Crippen LogP contribution is -2.18. The van der Waals surface area contributed by atoms with Crippen molar-refractivity contribution in [2.24, 2.45) is 0 Å². The molecule has 0 amide bonds. The summed E-state index contributed by atoms with van der Waals surface area (Å²) >= 11 is 0. The highest BCUT2D eigenvalue weighted by atomic mass is 16.4. The Kier molecular flexibility index (Phi) is 13.0. The van der Waals surface area contributed by atoms with E-state index < -0.39 is 12.1 Å². The highest BCUT2D eigenvalue weighted by molar-refractivity contribution is 5.71. The summed E-state index contributed by atoms with van der Waals surface area (Å²) in [6.07, 6.45) is 8.23. The van der Waals surface area contributed by atoms with Crippen LogP contribution in [0.2, 0.25) is 0 Å². The summed E-state index contributed by atoms with van der Waals surface area (Å²) in [5.41, 5.74) is 0. The number of unbranched alkanes of at least 4 members (excludes halogenated alkanes) is 7. The van der Waals surface area contributed by atoms with E-state index in [1.54, 1.807) is 0 Å². The highest BCUT2D eigenvalue weighted by Crippen LogP contribution is 2.08. The second kappa shape index (κ2) is 14.0. The summed E-state index contributed by atoms with van der Waals surface area (Å²) < 4.78 is 0. The number of hydrogen-bond donors (Lipinski definition) is 2. The molecule has 0 aliphatic carbocycles. The van der Waals surface area contributed by atoms with Crippen LogP contribution in [-0.2, 0) is 4.79 Å². The van der Waals surface area contributed by atoms with E-state index >= 15 is 0 Å². The van der Waals surface area contributed by atoms with Crippen molar-refractivity contribution in [3.63, 3.8) is 0 Å². The smallest absolute Gasteiger partial charge is 0.332 e. The van der Waals surface area contributed by atoms with Gasteiger partial charge in [0.1, 0.15) is 0 Å². The Bertz CT molecular complexity index is 365. The zero-order valence-corrected chi connectivity index (χ0v) is 12.5. The van der Waals surface area contributed by atoms with Gasteiger partial charge >= 0.3 is 5.97 Å². The Balaban J connectivity index is 3.34. The topological polar surface area (TPSA) is 57.5 Å². The first-order chi connectivity index (χ1) is 9.68. The van der Waals surface area contributed by atoms with Crippen molar-refractivity contribution in [3.05, 3.63) is 0 Å². The monoisotopic (exact) mass is 278 g/mol. The van der Waals surface area contributed by atoms with E-state index in [9.17, 15) is 4.79 Å². The molecule has 0 saturated carbocycles. The second-order valence-corrected chi connectivity index (χ2v) is 4.87. The van der Waals surface area contributed by atoms with E-state index in [1.807, 2.05) is 0 Å². The van der Waals surface area contributed by atoms with E-state index in [-0.39, 0.29) is 0 Å². The van der Waals surface area contributed by atoms with E-state index in [2.05, 4.69) is 30.6 Å². The van der Waals surface area contributed by atoms with Crippen LogP contribution in [0.1, 0.15) is 71.1 Å². The predicted octanol–water partition coefficient (Wildman–Crippen LogP) is 3.36. The summed E-state index contributed by atoms with van der Waals surface area (Å²) in [6, 6.07) is 0. The molecule has 2 N–H and O–H groups in total. The van der Waals surface area contributed by atoms with Gasteiger partial charge in [0.25, 0.3) is 0 Å². The van der Waals surface area contributed by atoms with Crippen molar-refractivity contribution in [1.82, 2.24) is 0 Å². The molecule has 0 heterocycles. The van der Waals surface area contributed by atoms with Crippen LogP contribution < -0.4 is 0 Å². The second-order valence-electron chi connectivity index (χ2n) is 4.87. The molecular weight excluding hydrogens is 252 g/mol. The van der Waals surface area contributed by atoms with Crippen molar-refractivity contribution >= 4 is 5.97 Å². The van der Waals surface area contributed by atoms with Crippen LogP contribution in [0, 0.1) is 23.7 Å². The zero-order chi connectivity index (χ0) is 15.1. The molecule has 0 bridgehead atoms. The van der Waals surface area contributed by atoms with Gasteiger partial charge in [-0.25, -0.2) is 4.79 Å². The molecule has 0 aromatic heterocycles. The van der Waals surface area contributed by atoms with Crippen molar-refractivity contribution in [3.8, 4) is 23.7 Å². The fourth-order valence-corrected chi connectivity index (χ4v) is 1.68. The van der Waals surface area contributed by atoms with Gasteiger partial charge in [-0.3, -0.25) is 0 Å². The third-order valence-corrected chi connectivity index (χ3v) is 2.96. The van der Waals surface area contributed by atoms with Gasteiger partial charge in [-0.2, -0.15) is 0 Å². The molecule has 0 aliphatic rings. The molecule has 0 saturated heterocycles. The Hall–Kier alpha value is -1.45. The lowest BCUT2D eigenvalue weighted by molar-refractivity contribution is -0.146. The maximum atomic E-state index is 10.4. The molecule has 0 aromatic rings. The molecule has 112 valence electrons. The van der Waals surface area contributed by atoms with Crippen LogP contribution in [0.3, 0.4) is 0 Å². The molecule has 0 fully saturated rings. The summed E-state index contributed by atoms with van der Waals surface area (Å²) in [5, 5.41) is 17.6. The van der Waals surface area contributed by atoms with Crippen LogP contribution in [0.4, 0.5) is 0 Å². The molecule has 0 aromatic carbocycles. The molecule has 0 aliphatic heterocycles. The number of aliphatic carboxylic acids is 1. The molecule has 3 heteroatoms. The van der Waals surface area contributed by atoms with Crippen LogP contribution in [0.5, 0.6) is 0 Å². The van der Waals surface area contributed by atoms with Crippen LogP contribution in [0.15, 0.2) is 0 Å². The maximum absolute atomic E-state index is 10.4. The summed E-state index contributed by atoms with van der Waals surface area (Å²) in [4.78, 5) is 10.4. The number of aliphatic hydroxyl groups excluding tert-OH is 1. The maximum Gasteiger partial charge on any atom is 0.332 e. The first-order valence-electron chi connectivity index (χ1n) is 7.55. The first kappa shape index (κ1) is 18.6. The van der Waals surface area contributed by atoms with Gasteiger partial charge in [-0.1, -0.05) is 50.9 Å². The minimum atomic E-state index is -1.20. The van der Waals surface area contributed by atoms with E-state index in [1.165, 1.54) is 6.42 Å². The van der Waals surface area contributed by atoms with Crippen LogP contribution >= 0.6 is 0 Å². The zero-order valence-electron chi connectivity index (χ0n) is 12.5. The number of aliphatic hydroxyl groups is 1. The first-order valence-corrected chi connectivity index (χ1v) is 7.55. The van der Waals surface area contributed by atoms with Crippen LogP contribution in [0.25, 0.3) is 0 Å². The predicted molar refractivity (Wildman–Crippen MR) is 81.0 cm³/mol. The molecule has 3 nitrogen and oxygen atoms in total. The van der Waals surface area contributed by atoms with Gasteiger partial charge in [-0.05, 0) is 31.1 Å². The average Bonchev–Trinajstić information content (AvgIpc) is 2.43. The lowest BCUT2D eigenvalue weighted by Gasteiger charge is -2.04. The van der Waals surface area contributed by atoms with Gasteiger partial charge in [0, 0.05) is 12.8 Å². The average molecular weight is 278 g/mol. The summed E-state index contributed by atoms with van der Waals surface area (Å²) in [7, 11) is 0. The quantitative estimate of drug-likeness (QED) is 0.476. The SMILES string of the molecule is CCCCC#CC#CCCCCCCCC(O)C(=O)O. The van der Waals surface area contributed by atoms with Gasteiger partial charge in [0.15, 0.2) is 6.10 Å². The number of carboxylic acids is 1. The molecule has 0 spiro atoms. The normalized spacial score (nSPS) is 10.9. The highest BCUT2D eigenvalue weighted by Gasteiger charge is 2.11. The van der Waals surface area contributed by atoms with Gasteiger partial charge in [0.05, 0.1) is 0 Å². The fourth-order valence-electron chi connectivity index (χ4n) is 1.68. The lowest BCUT2D eigenvalue weighted by atomic mass is 10.1. The number of hydrogen-bond acceptors (Lipinski definition) is 2. The van der Waals surface area contributed by atoms with Gasteiger partial charge in [0.2, 0.25) is 0 Å². The van der Waals surface area contributed by atoms with Crippen molar-refractivity contribution in [2.45, 2.75) is 77.2 Å². The number of carboxylic acid groups (broad SMARTS) is 1. The fraction of sp³-hybridized carbons (Fsp3) is 0.706. The molecule has 0 rings (SSSR count). The Morgan fingerprint density at radius 1 is 0.950 bits per heavy atom. The molecule has 1 unspecified atom stereocenters. The molecule has 0 radical (unpaired) electrons. The van der Waals surface area contributed by atoms with Crippen molar-refractivity contribution in [2.75, 3.05) is 0 Å². The Labute approximate surface area is 122 Å².